The monoisotopic (exact) mass is 301 g/mol. The molecule has 2 fully saturated rings. The Bertz CT molecular complexity index is 525. The van der Waals surface area contributed by atoms with E-state index in [1.807, 2.05) is 0 Å². The molecule has 22 heavy (non-hydrogen) atoms. The molecular weight excluding hydrogens is 274 g/mol. The van der Waals surface area contributed by atoms with E-state index in [1.165, 1.54) is 29.7 Å². The Balaban J connectivity index is 1.41. The van der Waals surface area contributed by atoms with E-state index in [0.29, 0.717) is 0 Å². The largest absolute Gasteiger partial charge is 0.379 e. The van der Waals surface area contributed by atoms with Crippen molar-refractivity contribution in [3.63, 3.8) is 0 Å². The molecule has 1 aromatic carbocycles. The van der Waals surface area contributed by atoms with Crippen molar-refractivity contribution >= 4 is 5.69 Å². The minimum absolute atomic E-state index is 0.797. The summed E-state index contributed by atoms with van der Waals surface area (Å²) in [5.74, 6) is 1.65. The standard InChI is InChI=1S/C18H27N3O/c1-14-2-5-17-12-20(11-16-9-19-10-16)21(18(17)8-14)6-7-22-13-15-3-4-15/h2,5,8,15-16,19H,3-4,6-7,9-13H2,1H3. The van der Waals surface area contributed by atoms with Crippen LogP contribution in [0.15, 0.2) is 18.2 Å². The van der Waals surface area contributed by atoms with Crippen LogP contribution in [0.5, 0.6) is 0 Å². The Morgan fingerprint density at radius 2 is 2.09 bits per heavy atom. The van der Waals surface area contributed by atoms with Gasteiger partial charge in [-0.3, -0.25) is 0 Å². The summed E-state index contributed by atoms with van der Waals surface area (Å²) in [7, 11) is 0. The van der Waals surface area contributed by atoms with Crippen LogP contribution < -0.4 is 10.3 Å². The summed E-state index contributed by atoms with van der Waals surface area (Å²) >= 11 is 0. The number of hydrogen-bond acceptors (Lipinski definition) is 4. The van der Waals surface area contributed by atoms with Gasteiger partial charge in [-0.2, -0.15) is 0 Å². The number of hydrazine groups is 1. The molecule has 0 atom stereocenters. The van der Waals surface area contributed by atoms with Crippen LogP contribution in [0, 0.1) is 18.8 Å². The summed E-state index contributed by atoms with van der Waals surface area (Å²) in [6, 6.07) is 6.85. The molecule has 2 aliphatic heterocycles. The minimum atomic E-state index is 0.797. The molecule has 120 valence electrons. The van der Waals surface area contributed by atoms with E-state index >= 15 is 0 Å². The molecule has 0 amide bonds. The van der Waals surface area contributed by atoms with Crippen LogP contribution in [0.3, 0.4) is 0 Å². The molecule has 0 unspecified atom stereocenters. The number of benzene rings is 1. The van der Waals surface area contributed by atoms with E-state index in [9.17, 15) is 0 Å². The van der Waals surface area contributed by atoms with Gasteiger partial charge in [0.2, 0.25) is 0 Å². The lowest BCUT2D eigenvalue weighted by Crippen LogP contribution is -2.51. The van der Waals surface area contributed by atoms with Crippen molar-refractivity contribution in [1.82, 2.24) is 10.3 Å². The van der Waals surface area contributed by atoms with Gasteiger partial charge in [0.1, 0.15) is 0 Å². The van der Waals surface area contributed by atoms with Gasteiger partial charge < -0.3 is 15.1 Å². The second kappa shape index (κ2) is 6.19. The highest BCUT2D eigenvalue weighted by Gasteiger charge is 2.30. The molecule has 4 nitrogen and oxygen atoms in total. The molecule has 2 heterocycles. The highest BCUT2D eigenvalue weighted by Crippen LogP contribution is 2.33. The van der Waals surface area contributed by atoms with Crippen LogP contribution in [0.1, 0.15) is 24.0 Å². The van der Waals surface area contributed by atoms with Crippen molar-refractivity contribution < 1.29 is 4.74 Å². The molecule has 0 spiro atoms. The Kier molecular flexibility index (Phi) is 4.07. The molecule has 4 heteroatoms. The topological polar surface area (TPSA) is 27.7 Å². The highest BCUT2D eigenvalue weighted by atomic mass is 16.5. The predicted molar refractivity (Wildman–Crippen MR) is 88.8 cm³/mol. The van der Waals surface area contributed by atoms with E-state index in [0.717, 1.165) is 57.8 Å². The number of rotatable bonds is 7. The quantitative estimate of drug-likeness (QED) is 0.781. The van der Waals surface area contributed by atoms with E-state index in [2.05, 4.69) is 40.5 Å². The molecule has 0 aromatic heterocycles. The van der Waals surface area contributed by atoms with E-state index in [4.69, 9.17) is 4.74 Å². The van der Waals surface area contributed by atoms with Crippen LogP contribution in [0.2, 0.25) is 0 Å². The number of fused-ring (bicyclic) bond motifs is 1. The van der Waals surface area contributed by atoms with Crippen molar-refractivity contribution in [2.24, 2.45) is 11.8 Å². The number of aryl methyl sites for hydroxylation is 1. The molecule has 1 saturated heterocycles. The van der Waals surface area contributed by atoms with Gasteiger partial charge in [-0.15, -0.1) is 0 Å². The lowest BCUT2D eigenvalue weighted by atomic mass is 10.0. The highest BCUT2D eigenvalue weighted by molar-refractivity contribution is 5.57. The molecular formula is C18H27N3O. The molecule has 4 rings (SSSR count). The number of hydrogen-bond donors (Lipinski definition) is 1. The smallest absolute Gasteiger partial charge is 0.0657 e. The first-order valence-electron chi connectivity index (χ1n) is 8.70. The van der Waals surface area contributed by atoms with Gasteiger partial charge >= 0.3 is 0 Å². The first-order valence-corrected chi connectivity index (χ1v) is 8.70. The molecule has 3 aliphatic rings. The molecule has 0 radical (unpaired) electrons. The Morgan fingerprint density at radius 1 is 1.23 bits per heavy atom. The van der Waals surface area contributed by atoms with Gasteiger partial charge in [-0.1, -0.05) is 12.1 Å². The fourth-order valence-electron chi connectivity index (χ4n) is 3.37. The van der Waals surface area contributed by atoms with Crippen molar-refractivity contribution in [1.29, 1.82) is 0 Å². The van der Waals surface area contributed by atoms with Crippen LogP contribution in [-0.2, 0) is 11.3 Å². The van der Waals surface area contributed by atoms with Crippen molar-refractivity contribution in [2.75, 3.05) is 44.4 Å². The number of anilines is 1. The zero-order chi connectivity index (χ0) is 14.9. The summed E-state index contributed by atoms with van der Waals surface area (Å²) < 4.78 is 5.88. The average Bonchev–Trinajstić information content (AvgIpc) is 3.22. The number of nitrogens with zero attached hydrogens (tertiary/aromatic N) is 2. The summed E-state index contributed by atoms with van der Waals surface area (Å²) in [5, 5.41) is 8.37. The van der Waals surface area contributed by atoms with Crippen LogP contribution in [0.25, 0.3) is 0 Å². The minimum Gasteiger partial charge on any atom is -0.379 e. The van der Waals surface area contributed by atoms with Gasteiger partial charge in [-0.05, 0) is 48.8 Å². The summed E-state index contributed by atoms with van der Waals surface area (Å²) in [6.07, 6.45) is 2.74. The van der Waals surface area contributed by atoms with Gasteiger partial charge in [0.25, 0.3) is 0 Å². The second-order valence-corrected chi connectivity index (χ2v) is 7.15. The fraction of sp³-hybridized carbons (Fsp3) is 0.667. The zero-order valence-electron chi connectivity index (χ0n) is 13.6. The normalized spacial score (nSPS) is 22.0. The molecule has 0 bridgehead atoms. The van der Waals surface area contributed by atoms with Gasteiger partial charge in [0, 0.05) is 32.8 Å². The average molecular weight is 301 g/mol. The summed E-state index contributed by atoms with van der Waals surface area (Å²) in [4.78, 5) is 0. The SMILES string of the molecule is Cc1ccc2c(c1)N(CCOCC1CC1)N(CC1CNC1)C2. The summed E-state index contributed by atoms with van der Waals surface area (Å²) in [5.41, 5.74) is 4.19. The van der Waals surface area contributed by atoms with Gasteiger partial charge in [0.15, 0.2) is 0 Å². The maximum absolute atomic E-state index is 5.88. The first-order chi connectivity index (χ1) is 10.8. The van der Waals surface area contributed by atoms with Gasteiger partial charge in [0.05, 0.1) is 18.8 Å². The number of ether oxygens (including phenoxy) is 1. The molecule has 1 aliphatic carbocycles. The lowest BCUT2D eigenvalue weighted by molar-refractivity contribution is 0.112. The van der Waals surface area contributed by atoms with E-state index in [-0.39, 0.29) is 0 Å². The van der Waals surface area contributed by atoms with Crippen molar-refractivity contribution in [3.8, 4) is 0 Å². The summed E-state index contributed by atoms with van der Waals surface area (Å²) in [6.45, 7) is 9.49. The molecule has 1 aromatic rings. The van der Waals surface area contributed by atoms with Gasteiger partial charge in [-0.25, -0.2) is 5.01 Å². The Hall–Kier alpha value is -1.10. The third kappa shape index (κ3) is 3.14. The van der Waals surface area contributed by atoms with E-state index < -0.39 is 0 Å². The third-order valence-electron chi connectivity index (χ3n) is 5.05. The van der Waals surface area contributed by atoms with Crippen LogP contribution in [0.4, 0.5) is 5.69 Å². The molecule has 1 saturated carbocycles. The zero-order valence-corrected chi connectivity index (χ0v) is 13.6. The predicted octanol–water partition coefficient (Wildman–Crippen LogP) is 2.18. The van der Waals surface area contributed by atoms with Crippen molar-refractivity contribution in [3.05, 3.63) is 29.3 Å². The van der Waals surface area contributed by atoms with E-state index in [1.54, 1.807) is 0 Å². The maximum Gasteiger partial charge on any atom is 0.0657 e. The number of nitrogens with one attached hydrogen (secondary N) is 1. The Labute approximate surface area is 133 Å². The third-order valence-corrected chi connectivity index (χ3v) is 5.05. The first kappa shape index (κ1) is 14.5. The molecule has 1 N–H and O–H groups in total. The van der Waals surface area contributed by atoms with Crippen molar-refractivity contribution in [2.45, 2.75) is 26.3 Å². The fourth-order valence-corrected chi connectivity index (χ4v) is 3.37. The Morgan fingerprint density at radius 3 is 2.82 bits per heavy atom. The van der Waals surface area contributed by atoms with Crippen LogP contribution in [-0.4, -0.2) is 44.4 Å². The lowest BCUT2D eigenvalue weighted by Gasteiger charge is -2.36. The maximum atomic E-state index is 5.88. The second-order valence-electron chi connectivity index (χ2n) is 7.15. The van der Waals surface area contributed by atoms with Crippen LogP contribution >= 0.6 is 0 Å².